The van der Waals surface area contributed by atoms with Crippen LogP contribution in [0.2, 0.25) is 0 Å². The number of hydrogen-bond donors (Lipinski definition) is 2. The van der Waals surface area contributed by atoms with E-state index in [9.17, 15) is 14.4 Å². The molecule has 0 saturated heterocycles. The zero-order valence-corrected chi connectivity index (χ0v) is 15.9. The van der Waals surface area contributed by atoms with Gasteiger partial charge in [-0.15, -0.1) is 11.3 Å². The molecule has 0 unspecified atom stereocenters. The molecule has 1 amide bonds. The molecule has 9 nitrogen and oxygen atoms in total. The van der Waals surface area contributed by atoms with E-state index >= 15 is 0 Å². The van der Waals surface area contributed by atoms with E-state index in [1.54, 1.807) is 18.2 Å². The van der Waals surface area contributed by atoms with E-state index in [1.807, 2.05) is 13.8 Å². The van der Waals surface area contributed by atoms with E-state index in [-0.39, 0.29) is 18.9 Å². The van der Waals surface area contributed by atoms with Crippen LogP contribution < -0.4 is 26.0 Å². The van der Waals surface area contributed by atoms with Crippen molar-refractivity contribution in [2.45, 2.75) is 20.4 Å². The van der Waals surface area contributed by atoms with Crippen molar-refractivity contribution < 1.29 is 14.3 Å². The van der Waals surface area contributed by atoms with Gasteiger partial charge in [-0.1, -0.05) is 6.07 Å². The topological polar surface area (TPSA) is 115 Å². The molecule has 3 aromatic rings. The quantitative estimate of drug-likeness (QED) is 0.688. The first-order valence-electron chi connectivity index (χ1n) is 8.39. The second-order valence-corrected chi connectivity index (χ2v) is 7.40. The second-order valence-electron chi connectivity index (χ2n) is 6.20. The van der Waals surface area contributed by atoms with E-state index < -0.39 is 17.2 Å². The van der Waals surface area contributed by atoms with Crippen LogP contribution in [0.3, 0.4) is 0 Å². The molecule has 0 spiro atoms. The van der Waals surface area contributed by atoms with Crippen LogP contribution in [0.25, 0.3) is 0 Å². The Kier molecular flexibility index (Phi) is 4.47. The number of H-pyrrole nitrogens is 1. The van der Waals surface area contributed by atoms with E-state index in [0.29, 0.717) is 22.2 Å². The first-order valence-corrected chi connectivity index (χ1v) is 9.20. The molecule has 3 heterocycles. The zero-order valence-electron chi connectivity index (χ0n) is 15.1. The highest BCUT2D eigenvalue weighted by Gasteiger charge is 2.18. The standard InChI is InChI=1S/C18H16N4O5S/c1-9-10(2)28-17(20-9)21-15(23)12-6-19-18(25)22(16(12)24)7-11-3-4-13-14(5-11)27-8-26-13/h3-6H,7-8H2,1-2H3,(H,19,25)(H,20,21,23). The summed E-state index contributed by atoms with van der Waals surface area (Å²) in [7, 11) is 0. The van der Waals surface area contributed by atoms with Crippen molar-refractivity contribution in [1.82, 2.24) is 14.5 Å². The number of nitrogens with zero attached hydrogens (tertiary/aromatic N) is 2. The molecule has 0 bridgehead atoms. The smallest absolute Gasteiger partial charge is 0.328 e. The summed E-state index contributed by atoms with van der Waals surface area (Å²) in [5.41, 5.74) is -0.00232. The number of hydrogen-bond acceptors (Lipinski definition) is 7. The lowest BCUT2D eigenvalue weighted by molar-refractivity contribution is 0.102. The Labute approximate surface area is 162 Å². The minimum atomic E-state index is -0.691. The monoisotopic (exact) mass is 400 g/mol. The Morgan fingerprint density at radius 2 is 2.07 bits per heavy atom. The maximum Gasteiger partial charge on any atom is 0.328 e. The lowest BCUT2D eigenvalue weighted by Gasteiger charge is -2.08. The van der Waals surface area contributed by atoms with Crippen LogP contribution in [0.4, 0.5) is 5.13 Å². The molecule has 144 valence electrons. The van der Waals surface area contributed by atoms with Crippen molar-refractivity contribution in [2.75, 3.05) is 12.1 Å². The number of ether oxygens (including phenoxy) is 2. The zero-order chi connectivity index (χ0) is 19.8. The summed E-state index contributed by atoms with van der Waals surface area (Å²) in [5.74, 6) is 0.520. The number of thiazole rings is 1. The number of carbonyl (C=O) groups is 1. The predicted octanol–water partition coefficient (Wildman–Crippen LogP) is 1.64. The van der Waals surface area contributed by atoms with Crippen molar-refractivity contribution in [3.05, 3.63) is 66.9 Å². The highest BCUT2D eigenvalue weighted by Crippen LogP contribution is 2.32. The molecule has 10 heteroatoms. The Hall–Kier alpha value is -3.40. The first-order chi connectivity index (χ1) is 13.4. The van der Waals surface area contributed by atoms with E-state index in [2.05, 4.69) is 15.3 Å². The van der Waals surface area contributed by atoms with Gasteiger partial charge in [-0.2, -0.15) is 0 Å². The first kappa shape index (κ1) is 18.0. The van der Waals surface area contributed by atoms with Crippen LogP contribution in [-0.4, -0.2) is 27.2 Å². The van der Waals surface area contributed by atoms with Crippen LogP contribution in [0.5, 0.6) is 11.5 Å². The summed E-state index contributed by atoms with van der Waals surface area (Å²) < 4.78 is 11.5. The average molecular weight is 400 g/mol. The van der Waals surface area contributed by atoms with Gasteiger partial charge < -0.3 is 14.5 Å². The molecule has 0 saturated carbocycles. The number of aromatic amines is 1. The molecule has 4 rings (SSSR count). The summed E-state index contributed by atoms with van der Waals surface area (Å²) in [6.45, 7) is 3.84. The number of anilines is 1. The molecular formula is C18H16N4O5S. The molecular weight excluding hydrogens is 384 g/mol. The summed E-state index contributed by atoms with van der Waals surface area (Å²) in [4.78, 5) is 45.1. The van der Waals surface area contributed by atoms with E-state index in [4.69, 9.17) is 9.47 Å². The fraction of sp³-hybridized carbons (Fsp3) is 0.222. The van der Waals surface area contributed by atoms with Gasteiger partial charge in [0.1, 0.15) is 5.56 Å². The summed E-state index contributed by atoms with van der Waals surface area (Å²) in [5, 5.41) is 3.00. The molecule has 1 aliphatic heterocycles. The van der Waals surface area contributed by atoms with Crippen LogP contribution in [0.1, 0.15) is 26.5 Å². The van der Waals surface area contributed by atoms with Crippen LogP contribution >= 0.6 is 11.3 Å². The third-order valence-electron chi connectivity index (χ3n) is 4.33. The average Bonchev–Trinajstić information content (AvgIpc) is 3.24. The number of nitrogens with one attached hydrogen (secondary N) is 2. The van der Waals surface area contributed by atoms with Gasteiger partial charge in [0.25, 0.3) is 11.5 Å². The van der Waals surface area contributed by atoms with Crippen molar-refractivity contribution in [2.24, 2.45) is 0 Å². The maximum absolute atomic E-state index is 12.7. The van der Waals surface area contributed by atoms with E-state index in [0.717, 1.165) is 21.3 Å². The predicted molar refractivity (Wildman–Crippen MR) is 103 cm³/mol. The molecule has 0 atom stereocenters. The highest BCUT2D eigenvalue weighted by atomic mass is 32.1. The molecule has 2 aromatic heterocycles. The van der Waals surface area contributed by atoms with Crippen LogP contribution in [0.15, 0.2) is 34.0 Å². The van der Waals surface area contributed by atoms with Crippen LogP contribution in [0, 0.1) is 13.8 Å². The summed E-state index contributed by atoms with van der Waals surface area (Å²) in [6.07, 6.45) is 1.11. The number of benzene rings is 1. The number of amides is 1. The molecule has 1 aliphatic rings. The third kappa shape index (κ3) is 3.29. The molecule has 2 N–H and O–H groups in total. The highest BCUT2D eigenvalue weighted by molar-refractivity contribution is 7.15. The molecule has 0 radical (unpaired) electrons. The maximum atomic E-state index is 12.7. The van der Waals surface area contributed by atoms with Crippen molar-refractivity contribution in [1.29, 1.82) is 0 Å². The van der Waals surface area contributed by atoms with Gasteiger partial charge in [0.2, 0.25) is 6.79 Å². The van der Waals surface area contributed by atoms with Gasteiger partial charge in [-0.25, -0.2) is 9.78 Å². The Balaban J connectivity index is 1.63. The normalized spacial score (nSPS) is 12.2. The Morgan fingerprint density at radius 1 is 1.29 bits per heavy atom. The van der Waals surface area contributed by atoms with Gasteiger partial charge in [0, 0.05) is 11.1 Å². The second kappa shape index (κ2) is 6.97. The van der Waals surface area contributed by atoms with Gasteiger partial charge in [-0.3, -0.25) is 19.5 Å². The fourth-order valence-electron chi connectivity index (χ4n) is 2.73. The summed E-state index contributed by atoms with van der Waals surface area (Å²) >= 11 is 1.31. The number of fused-ring (bicyclic) bond motifs is 1. The van der Waals surface area contributed by atoms with Crippen molar-refractivity contribution in [3.8, 4) is 11.5 Å². The van der Waals surface area contributed by atoms with Gasteiger partial charge in [-0.05, 0) is 31.5 Å². The number of aryl methyl sites for hydroxylation is 2. The molecule has 0 fully saturated rings. The van der Waals surface area contributed by atoms with Crippen molar-refractivity contribution >= 4 is 22.4 Å². The Morgan fingerprint density at radius 3 is 2.82 bits per heavy atom. The van der Waals surface area contributed by atoms with Gasteiger partial charge in [0.15, 0.2) is 16.6 Å². The SMILES string of the molecule is Cc1nc(NC(=O)c2c[nH]c(=O)n(Cc3ccc4c(c3)OCO4)c2=O)sc1C. The minimum absolute atomic E-state index is 0.0125. The number of carbonyl (C=O) groups excluding carboxylic acids is 1. The fourth-order valence-corrected chi connectivity index (χ4v) is 3.54. The molecule has 0 aliphatic carbocycles. The third-order valence-corrected chi connectivity index (χ3v) is 5.32. The lowest BCUT2D eigenvalue weighted by Crippen LogP contribution is -2.39. The Bertz CT molecular complexity index is 1170. The van der Waals surface area contributed by atoms with Gasteiger partial charge >= 0.3 is 5.69 Å². The molecule has 1 aromatic carbocycles. The molecule has 28 heavy (non-hydrogen) atoms. The summed E-state index contributed by atoms with van der Waals surface area (Å²) in [6, 6.07) is 5.13. The number of rotatable bonds is 4. The van der Waals surface area contributed by atoms with Crippen molar-refractivity contribution in [3.63, 3.8) is 0 Å². The lowest BCUT2D eigenvalue weighted by atomic mass is 10.2. The minimum Gasteiger partial charge on any atom is -0.454 e. The largest absolute Gasteiger partial charge is 0.454 e. The van der Waals surface area contributed by atoms with E-state index in [1.165, 1.54) is 11.3 Å². The number of aromatic nitrogens is 3. The van der Waals surface area contributed by atoms with Gasteiger partial charge in [0.05, 0.1) is 12.2 Å². The van der Waals surface area contributed by atoms with Crippen LogP contribution in [-0.2, 0) is 6.54 Å².